The number of rotatable bonds is 3. The van der Waals surface area contributed by atoms with E-state index in [2.05, 4.69) is 29.3 Å². The van der Waals surface area contributed by atoms with Crippen LogP contribution < -0.4 is 10.2 Å². The van der Waals surface area contributed by atoms with Gasteiger partial charge in [0.15, 0.2) is 0 Å². The van der Waals surface area contributed by atoms with Crippen molar-refractivity contribution in [3.63, 3.8) is 0 Å². The fourth-order valence-corrected chi connectivity index (χ4v) is 13.4. The third-order valence-electron chi connectivity index (χ3n) is 5.31. The van der Waals surface area contributed by atoms with E-state index in [4.69, 9.17) is 29.4 Å². The quantitative estimate of drug-likeness (QED) is 0.276. The molecule has 6 heteroatoms. The van der Waals surface area contributed by atoms with E-state index in [0.717, 1.165) is 12.7 Å². The first-order chi connectivity index (χ1) is 16.2. The van der Waals surface area contributed by atoms with Crippen LogP contribution in [0.1, 0.15) is 11.1 Å². The molecular weight excluding hydrogens is 560 g/mol. The first kappa shape index (κ1) is 22.1. The van der Waals surface area contributed by atoms with Gasteiger partial charge in [0.25, 0.3) is 0 Å². The van der Waals surface area contributed by atoms with Crippen molar-refractivity contribution in [1.29, 1.82) is 0 Å². The number of hydrogen-bond donors (Lipinski definition) is 0. The number of halogens is 2. The van der Waals surface area contributed by atoms with Gasteiger partial charge in [-0.2, -0.15) is 0 Å². The van der Waals surface area contributed by atoms with Crippen molar-refractivity contribution in [3.05, 3.63) is 131 Å². The molecule has 0 saturated carbocycles. The molecule has 1 aliphatic rings. The summed E-state index contributed by atoms with van der Waals surface area (Å²) in [6.45, 7) is 0. The van der Waals surface area contributed by atoms with Crippen molar-refractivity contribution in [3.8, 4) is 5.75 Å². The van der Waals surface area contributed by atoms with E-state index in [-0.39, 0.29) is 0 Å². The maximum atomic E-state index is 7.00. The summed E-state index contributed by atoms with van der Waals surface area (Å²) >= 11 is 8.58. The van der Waals surface area contributed by atoms with Crippen LogP contribution in [-0.4, -0.2) is 25.4 Å². The van der Waals surface area contributed by atoms with Crippen molar-refractivity contribution in [2.45, 2.75) is 0 Å². The minimum absolute atomic E-state index is 0.420. The summed E-state index contributed by atoms with van der Waals surface area (Å²) in [6, 6.07) is 33.7. The van der Waals surface area contributed by atoms with E-state index >= 15 is 0 Å². The second-order valence-corrected chi connectivity index (χ2v) is 16.3. The third-order valence-corrected chi connectivity index (χ3v) is 14.9. The molecule has 0 spiro atoms. The Kier molecular flexibility index (Phi) is 6.45. The fourth-order valence-electron chi connectivity index (χ4n) is 3.77. The topological polar surface area (TPSA) is 30.8 Å². The average molecular weight is 579 g/mol. The predicted octanol–water partition coefficient (Wildman–Crippen LogP) is 6.08. The van der Waals surface area contributed by atoms with E-state index in [1.165, 1.54) is 0 Å². The molecule has 0 atom stereocenters. The monoisotopic (exact) mass is 579 g/mol. The summed E-state index contributed by atoms with van der Waals surface area (Å²) in [5.41, 5.74) is 1.62. The first-order valence-electron chi connectivity index (χ1n) is 10.4. The Morgan fingerprint density at radius 3 is 1.85 bits per heavy atom. The van der Waals surface area contributed by atoms with Crippen LogP contribution in [-0.2, 0) is 3.07 Å². The molecule has 1 aliphatic heterocycles. The number of nitrogens with zero attached hydrogens (tertiary/aromatic N) is 1. The molecule has 33 heavy (non-hydrogen) atoms. The average Bonchev–Trinajstić information content (AvgIpc) is 2.94. The third kappa shape index (κ3) is 4.54. The second-order valence-electron chi connectivity index (χ2n) is 7.50. The van der Waals surface area contributed by atoms with Crippen LogP contribution in [0.4, 0.5) is 0 Å². The van der Waals surface area contributed by atoms with Gasteiger partial charge in [0.1, 0.15) is 0 Å². The minimum atomic E-state index is -4.41. The van der Waals surface area contributed by atoms with Crippen LogP contribution in [0.5, 0.6) is 5.75 Å². The molecule has 4 aromatic rings. The number of fused-ring (bicyclic) bond motifs is 1. The van der Waals surface area contributed by atoms with Crippen molar-refractivity contribution >= 4 is 61.5 Å². The van der Waals surface area contributed by atoms with Crippen LogP contribution in [0, 0.1) is 0 Å². The van der Waals surface area contributed by atoms with Gasteiger partial charge in [0.2, 0.25) is 0 Å². The molecule has 0 bridgehead atoms. The molecule has 0 saturated heterocycles. The van der Waals surface area contributed by atoms with E-state index in [0.29, 0.717) is 27.1 Å². The van der Waals surface area contributed by atoms with Gasteiger partial charge >= 0.3 is 209 Å². The molecule has 1 heterocycles. The van der Waals surface area contributed by atoms with E-state index in [1.54, 1.807) is 24.5 Å². The van der Waals surface area contributed by atoms with Gasteiger partial charge in [0.05, 0.1) is 0 Å². The Morgan fingerprint density at radius 1 is 0.667 bits per heavy atom. The number of aliphatic imine (C=N–C) groups is 1. The molecule has 0 fully saturated rings. The first-order valence-corrected chi connectivity index (χ1v) is 16.4. The number of hydrogen-bond acceptors (Lipinski definition) is 3. The molecule has 0 aliphatic carbocycles. The van der Waals surface area contributed by atoms with Crippen molar-refractivity contribution in [2.24, 2.45) is 4.99 Å². The zero-order valence-corrected chi connectivity index (χ0v) is 21.9. The van der Waals surface area contributed by atoms with Gasteiger partial charge in [-0.15, -0.1) is 0 Å². The summed E-state index contributed by atoms with van der Waals surface area (Å²) < 4.78 is 16.0. The van der Waals surface area contributed by atoms with Gasteiger partial charge in [-0.1, -0.05) is 0 Å². The maximum absolute atomic E-state index is 7.00. The zero-order valence-electron chi connectivity index (χ0n) is 17.5. The zero-order chi connectivity index (χ0) is 22.7. The van der Waals surface area contributed by atoms with Crippen molar-refractivity contribution < 1.29 is 6.15 Å². The van der Waals surface area contributed by atoms with E-state index in [1.807, 2.05) is 66.7 Å². The Labute approximate surface area is 207 Å². The van der Waals surface area contributed by atoms with Gasteiger partial charge in [-0.25, -0.2) is 0 Å². The van der Waals surface area contributed by atoms with Gasteiger partial charge in [-0.05, 0) is 0 Å². The van der Waals surface area contributed by atoms with Crippen LogP contribution in [0.25, 0.3) is 5.76 Å². The predicted molar refractivity (Wildman–Crippen MR) is 138 cm³/mol. The van der Waals surface area contributed by atoms with Gasteiger partial charge in [-0.3, -0.25) is 0 Å². The normalized spacial score (nSPS) is 16.1. The molecule has 4 aromatic carbocycles. The van der Waals surface area contributed by atoms with E-state index < -0.39 is 19.2 Å². The Morgan fingerprint density at radius 2 is 1.24 bits per heavy atom. The van der Waals surface area contributed by atoms with Crippen LogP contribution >= 0.6 is 23.2 Å². The summed E-state index contributed by atoms with van der Waals surface area (Å²) in [6.07, 6.45) is 3.44. The summed E-state index contributed by atoms with van der Waals surface area (Å²) in [5, 5.41) is 0.935. The summed E-state index contributed by atoms with van der Waals surface area (Å²) in [7, 11) is 0. The molecule has 0 amide bonds. The molecule has 0 radical (unpaired) electrons. The standard InChI is InChI=1S/C15H11Cl2NO2.2C6H5.Sn/c16-12-6-11(15(20)13(17)7-12)8-18-9-14(19)10-4-2-1-3-5-10;2*1-2-4-6-5-3-1;/h1-9,19-20H;2*1-5H;/q;;;+2/p-2/b14-9-,18-8?;;;. The Bertz CT molecular complexity index is 1290. The van der Waals surface area contributed by atoms with Crippen LogP contribution in [0.3, 0.4) is 0 Å². The fraction of sp³-hybridized carbons (Fsp3) is 0. The summed E-state index contributed by atoms with van der Waals surface area (Å²) in [5.74, 6) is 1.17. The van der Waals surface area contributed by atoms with Gasteiger partial charge in [0, 0.05) is 0 Å². The van der Waals surface area contributed by atoms with E-state index in [9.17, 15) is 0 Å². The SMILES string of the molecule is Clc1cc(Cl)c2c(c1)C=N/C=C(/c1ccccc1)[O][Sn]([c]1ccccc1)([c]1ccccc1)[O]2. The molecule has 0 N–H and O–H groups in total. The molecule has 3 nitrogen and oxygen atoms in total. The molecule has 162 valence electrons. The molecular formula is C27H19Cl2NO2Sn. The summed E-state index contributed by atoms with van der Waals surface area (Å²) in [4.78, 5) is 4.55. The molecule has 0 aromatic heterocycles. The Balaban J connectivity index is 1.82. The van der Waals surface area contributed by atoms with Crippen LogP contribution in [0.15, 0.2) is 114 Å². The number of benzene rings is 4. The molecule has 0 unspecified atom stereocenters. The van der Waals surface area contributed by atoms with Crippen molar-refractivity contribution in [1.82, 2.24) is 0 Å². The Hall–Kier alpha value is -2.73. The van der Waals surface area contributed by atoms with Crippen molar-refractivity contribution in [2.75, 3.05) is 0 Å². The van der Waals surface area contributed by atoms with Crippen LogP contribution in [0.2, 0.25) is 10.0 Å². The molecule has 5 rings (SSSR count). The second kappa shape index (κ2) is 9.64. The van der Waals surface area contributed by atoms with Gasteiger partial charge < -0.3 is 0 Å².